The number of ether oxygens (including phenoxy) is 1. The molecule has 20 heavy (non-hydrogen) atoms. The lowest BCUT2D eigenvalue weighted by Gasteiger charge is -2.02. The molecule has 0 radical (unpaired) electrons. The monoisotopic (exact) mass is 293 g/mol. The zero-order valence-electron chi connectivity index (χ0n) is 10.5. The number of nitrogens with one attached hydrogen (secondary N) is 1. The lowest BCUT2D eigenvalue weighted by molar-refractivity contribution is -0.139. The number of nitrogens with zero attached hydrogens (tertiary/aromatic N) is 2. The second kappa shape index (κ2) is 6.11. The number of anilines is 1. The lowest BCUT2D eigenvalue weighted by atomic mass is 10.2. The topological polar surface area (TPSA) is 101 Å². The number of aromatic nitrogens is 2. The first kappa shape index (κ1) is 13.9. The van der Waals surface area contributed by atoms with Gasteiger partial charge in [0.15, 0.2) is 5.13 Å². The molecule has 0 saturated heterocycles. The number of carbonyl (C=O) groups is 2. The molecule has 0 bridgehead atoms. The van der Waals surface area contributed by atoms with E-state index in [9.17, 15) is 14.7 Å². The van der Waals surface area contributed by atoms with Crippen molar-refractivity contribution in [3.63, 3.8) is 0 Å². The van der Waals surface area contributed by atoms with Crippen LogP contribution in [0.25, 0.3) is 0 Å². The third-order valence-corrected chi connectivity index (χ3v) is 3.18. The van der Waals surface area contributed by atoms with Gasteiger partial charge in [0.1, 0.15) is 5.75 Å². The van der Waals surface area contributed by atoms with Crippen molar-refractivity contribution < 1.29 is 19.4 Å². The molecule has 2 aromatic rings. The maximum atomic E-state index is 11.9. The Balaban J connectivity index is 2.05. The van der Waals surface area contributed by atoms with Gasteiger partial charge in [-0.3, -0.25) is 19.9 Å². The summed E-state index contributed by atoms with van der Waals surface area (Å²) >= 11 is 1.18. The molecule has 0 aliphatic carbocycles. The average molecular weight is 293 g/mol. The summed E-state index contributed by atoms with van der Waals surface area (Å²) in [4.78, 5) is 30.8. The molecule has 0 spiro atoms. The van der Waals surface area contributed by atoms with Crippen LogP contribution in [0.2, 0.25) is 0 Å². The van der Waals surface area contributed by atoms with Crippen LogP contribution >= 0.6 is 11.3 Å². The van der Waals surface area contributed by atoms with E-state index in [4.69, 9.17) is 0 Å². The number of pyridine rings is 1. The molecule has 0 aromatic carbocycles. The van der Waals surface area contributed by atoms with Gasteiger partial charge in [-0.05, 0) is 6.07 Å². The second-order valence-corrected chi connectivity index (χ2v) is 4.60. The van der Waals surface area contributed by atoms with Crippen LogP contribution in [0.1, 0.15) is 16.1 Å². The van der Waals surface area contributed by atoms with Crippen LogP contribution in [0, 0.1) is 0 Å². The molecule has 2 N–H and O–H groups in total. The van der Waals surface area contributed by atoms with Crippen LogP contribution in [-0.4, -0.2) is 34.1 Å². The Morgan fingerprint density at radius 2 is 2.30 bits per heavy atom. The summed E-state index contributed by atoms with van der Waals surface area (Å²) < 4.78 is 4.53. The fraction of sp³-hybridized carbons (Fsp3) is 0.167. The van der Waals surface area contributed by atoms with E-state index in [-0.39, 0.29) is 17.7 Å². The molecule has 0 aliphatic heterocycles. The molecule has 0 unspecified atom stereocenters. The smallest absolute Gasteiger partial charge is 0.311 e. The van der Waals surface area contributed by atoms with E-state index in [1.54, 1.807) is 5.38 Å². The summed E-state index contributed by atoms with van der Waals surface area (Å²) in [7, 11) is 1.30. The number of aromatic hydroxyl groups is 1. The van der Waals surface area contributed by atoms with Crippen molar-refractivity contribution in [1.29, 1.82) is 0 Å². The Morgan fingerprint density at radius 1 is 1.50 bits per heavy atom. The predicted octanol–water partition coefficient (Wildman–Crippen LogP) is 1.21. The molecular weight excluding hydrogens is 282 g/mol. The number of amides is 1. The van der Waals surface area contributed by atoms with Gasteiger partial charge in [-0.15, -0.1) is 11.3 Å². The quantitative estimate of drug-likeness (QED) is 0.822. The summed E-state index contributed by atoms with van der Waals surface area (Å²) in [6.45, 7) is 0. The van der Waals surface area contributed by atoms with E-state index < -0.39 is 11.9 Å². The largest absolute Gasteiger partial charge is 0.505 e. The number of carbonyl (C=O) groups excluding carboxylic acids is 2. The molecule has 0 saturated carbocycles. The van der Waals surface area contributed by atoms with Gasteiger partial charge in [0, 0.05) is 11.6 Å². The number of hydrogen-bond donors (Lipinski definition) is 2. The van der Waals surface area contributed by atoms with Crippen molar-refractivity contribution in [3.8, 4) is 5.75 Å². The second-order valence-electron chi connectivity index (χ2n) is 3.74. The van der Waals surface area contributed by atoms with Crippen LogP contribution in [0.15, 0.2) is 23.8 Å². The van der Waals surface area contributed by atoms with Crippen LogP contribution in [-0.2, 0) is 16.0 Å². The van der Waals surface area contributed by atoms with Gasteiger partial charge < -0.3 is 9.84 Å². The SMILES string of the molecule is COC(=O)Cc1csc(NC(=O)c2ccncc2O)n1. The van der Waals surface area contributed by atoms with Gasteiger partial charge in [-0.1, -0.05) is 0 Å². The van der Waals surface area contributed by atoms with Gasteiger partial charge in [-0.25, -0.2) is 4.98 Å². The van der Waals surface area contributed by atoms with E-state index in [0.717, 1.165) is 0 Å². The first-order chi connectivity index (χ1) is 9.60. The van der Waals surface area contributed by atoms with Crippen LogP contribution < -0.4 is 5.32 Å². The highest BCUT2D eigenvalue weighted by Gasteiger charge is 2.13. The van der Waals surface area contributed by atoms with E-state index in [2.05, 4.69) is 20.0 Å². The first-order valence-corrected chi connectivity index (χ1v) is 6.43. The van der Waals surface area contributed by atoms with E-state index in [1.807, 2.05) is 0 Å². The minimum absolute atomic E-state index is 0.0450. The highest BCUT2D eigenvalue weighted by molar-refractivity contribution is 7.14. The molecule has 104 valence electrons. The summed E-state index contributed by atoms with van der Waals surface area (Å²) in [5.41, 5.74) is 0.612. The Hall–Kier alpha value is -2.48. The number of thiazole rings is 1. The maximum Gasteiger partial charge on any atom is 0.311 e. The van der Waals surface area contributed by atoms with Crippen molar-refractivity contribution in [2.24, 2.45) is 0 Å². The highest BCUT2D eigenvalue weighted by atomic mass is 32.1. The fourth-order valence-electron chi connectivity index (χ4n) is 1.41. The van der Waals surface area contributed by atoms with E-state index in [1.165, 1.54) is 36.9 Å². The molecule has 0 aliphatic rings. The Morgan fingerprint density at radius 3 is 3.00 bits per heavy atom. The molecule has 2 heterocycles. The van der Waals surface area contributed by atoms with Crippen LogP contribution in [0.3, 0.4) is 0 Å². The summed E-state index contributed by atoms with van der Waals surface area (Å²) in [6.07, 6.45) is 2.63. The predicted molar refractivity (Wildman–Crippen MR) is 71.7 cm³/mol. The molecule has 2 rings (SSSR count). The molecule has 2 aromatic heterocycles. The fourth-order valence-corrected chi connectivity index (χ4v) is 2.11. The Bertz CT molecular complexity index is 641. The van der Waals surface area contributed by atoms with Gasteiger partial charge in [0.25, 0.3) is 5.91 Å². The minimum atomic E-state index is -0.496. The molecule has 0 fully saturated rings. The molecule has 1 amide bonds. The van der Waals surface area contributed by atoms with Crippen LogP contribution in [0.5, 0.6) is 5.75 Å². The summed E-state index contributed by atoms with van der Waals surface area (Å²) in [5, 5.41) is 14.0. The number of methoxy groups -OCH3 is 1. The Labute approximate surface area is 118 Å². The van der Waals surface area contributed by atoms with Gasteiger partial charge >= 0.3 is 5.97 Å². The summed E-state index contributed by atoms with van der Waals surface area (Å²) in [6, 6.07) is 1.40. The zero-order valence-corrected chi connectivity index (χ0v) is 11.3. The maximum absolute atomic E-state index is 11.9. The Kier molecular flexibility index (Phi) is 4.26. The number of rotatable bonds is 4. The first-order valence-electron chi connectivity index (χ1n) is 5.55. The van der Waals surface area contributed by atoms with Gasteiger partial charge in [-0.2, -0.15) is 0 Å². The van der Waals surface area contributed by atoms with E-state index >= 15 is 0 Å². The highest BCUT2D eigenvalue weighted by Crippen LogP contribution is 2.19. The molecule has 0 atom stereocenters. The van der Waals surface area contributed by atoms with Crippen molar-refractivity contribution in [1.82, 2.24) is 9.97 Å². The normalized spacial score (nSPS) is 10.1. The molecular formula is C12H11N3O4S. The summed E-state index contributed by atoms with van der Waals surface area (Å²) in [5.74, 6) is -1.11. The van der Waals surface area contributed by atoms with E-state index in [0.29, 0.717) is 10.8 Å². The third-order valence-electron chi connectivity index (χ3n) is 2.37. The number of hydrogen-bond acceptors (Lipinski definition) is 7. The number of esters is 1. The standard InChI is InChI=1S/C12H11N3O4S/c1-19-10(17)4-7-6-20-12(14-7)15-11(18)8-2-3-13-5-9(8)16/h2-3,5-6,16H,4H2,1H3,(H,14,15,18). The molecule has 8 heteroatoms. The average Bonchev–Trinajstić information content (AvgIpc) is 2.86. The van der Waals surface area contributed by atoms with Crippen LogP contribution in [0.4, 0.5) is 5.13 Å². The minimum Gasteiger partial charge on any atom is -0.505 e. The molecule has 7 nitrogen and oxygen atoms in total. The third kappa shape index (κ3) is 3.29. The van der Waals surface area contributed by atoms with Crippen molar-refractivity contribution in [2.75, 3.05) is 12.4 Å². The van der Waals surface area contributed by atoms with Crippen molar-refractivity contribution >= 4 is 28.3 Å². The van der Waals surface area contributed by atoms with Gasteiger partial charge in [0.2, 0.25) is 0 Å². The zero-order chi connectivity index (χ0) is 14.5. The van der Waals surface area contributed by atoms with Gasteiger partial charge in [0.05, 0.1) is 31.0 Å². The van der Waals surface area contributed by atoms with Crippen molar-refractivity contribution in [2.45, 2.75) is 6.42 Å². The van der Waals surface area contributed by atoms with Crippen molar-refractivity contribution in [3.05, 3.63) is 35.1 Å². The lowest BCUT2D eigenvalue weighted by Crippen LogP contribution is -2.12.